The number of aliphatic hydroxyl groups is 1. The molecule has 0 bridgehead atoms. The number of hydrogen-bond acceptors (Lipinski definition) is 7. The molecule has 1 unspecified atom stereocenters. The molecule has 0 aliphatic heterocycles. The van der Waals surface area contributed by atoms with Gasteiger partial charge < -0.3 is 14.3 Å². The maximum atomic E-state index is 13.1. The van der Waals surface area contributed by atoms with E-state index in [2.05, 4.69) is 10.3 Å². The van der Waals surface area contributed by atoms with E-state index in [9.17, 15) is 23.1 Å². The Labute approximate surface area is 202 Å². The first-order chi connectivity index (χ1) is 16.6. The van der Waals surface area contributed by atoms with E-state index in [1.807, 2.05) is 30.3 Å². The highest BCUT2D eigenvalue weighted by molar-refractivity contribution is 7.14. The summed E-state index contributed by atoms with van der Waals surface area (Å²) < 4.78 is 51.1. The van der Waals surface area contributed by atoms with Crippen molar-refractivity contribution in [2.24, 2.45) is 0 Å². The third-order valence-electron chi connectivity index (χ3n) is 5.09. The number of alkyl halides is 3. The van der Waals surface area contributed by atoms with Crippen molar-refractivity contribution in [3.05, 3.63) is 98.3 Å². The highest BCUT2D eigenvalue weighted by Gasteiger charge is 2.38. The van der Waals surface area contributed by atoms with Crippen LogP contribution in [0.2, 0.25) is 0 Å². The van der Waals surface area contributed by atoms with Crippen LogP contribution in [0.15, 0.2) is 63.9 Å². The molecule has 0 fully saturated rings. The van der Waals surface area contributed by atoms with Gasteiger partial charge in [-0.15, -0.1) is 0 Å². The first-order valence-corrected chi connectivity index (χ1v) is 11.4. The molecule has 0 aliphatic rings. The Bertz CT molecular complexity index is 1360. The van der Waals surface area contributed by atoms with E-state index < -0.39 is 18.2 Å². The zero-order valence-corrected chi connectivity index (χ0v) is 19.6. The molecule has 0 radical (unpaired) electrons. The van der Waals surface area contributed by atoms with Gasteiger partial charge in [0.05, 0.1) is 10.6 Å². The highest BCUT2D eigenvalue weighted by Crippen LogP contribution is 2.34. The SMILES string of the molecule is Cc1cc(CNC(O)c2sc(-n3ccc(OCc4ccccc4)cc3=O)nc2C)c(C(F)(F)F)o1. The van der Waals surface area contributed by atoms with Gasteiger partial charge in [0.15, 0.2) is 5.13 Å². The van der Waals surface area contributed by atoms with Crippen molar-refractivity contribution in [2.45, 2.75) is 39.4 Å². The second kappa shape index (κ2) is 10.1. The molecular formula is C24H22F3N3O4S. The number of pyridine rings is 1. The third kappa shape index (κ3) is 5.81. The number of aliphatic hydroxyl groups excluding tert-OH is 1. The summed E-state index contributed by atoms with van der Waals surface area (Å²) in [7, 11) is 0. The summed E-state index contributed by atoms with van der Waals surface area (Å²) in [4.78, 5) is 17.4. The van der Waals surface area contributed by atoms with Crippen LogP contribution >= 0.6 is 11.3 Å². The van der Waals surface area contributed by atoms with Gasteiger partial charge in [0.25, 0.3) is 5.56 Å². The number of thiazole rings is 1. The molecule has 11 heteroatoms. The minimum atomic E-state index is -4.64. The molecule has 3 heterocycles. The van der Waals surface area contributed by atoms with Gasteiger partial charge in [-0.3, -0.25) is 14.7 Å². The largest absolute Gasteiger partial charge is 0.489 e. The second-order valence-electron chi connectivity index (χ2n) is 7.78. The van der Waals surface area contributed by atoms with Crippen molar-refractivity contribution in [1.82, 2.24) is 14.9 Å². The maximum absolute atomic E-state index is 13.1. The first kappa shape index (κ1) is 24.7. The van der Waals surface area contributed by atoms with Gasteiger partial charge in [-0.05, 0) is 31.5 Å². The molecule has 1 atom stereocenters. The molecule has 3 aromatic heterocycles. The number of hydrogen-bond donors (Lipinski definition) is 2. The molecule has 184 valence electrons. The van der Waals surface area contributed by atoms with E-state index in [0.29, 0.717) is 28.1 Å². The topological polar surface area (TPSA) is 89.5 Å². The third-order valence-corrected chi connectivity index (χ3v) is 6.30. The number of nitrogens with zero attached hydrogens (tertiary/aromatic N) is 2. The van der Waals surface area contributed by atoms with Crippen LogP contribution in [0.3, 0.4) is 0 Å². The fourth-order valence-corrected chi connectivity index (χ4v) is 4.45. The molecule has 4 rings (SSSR count). The zero-order valence-electron chi connectivity index (χ0n) is 18.8. The van der Waals surface area contributed by atoms with E-state index >= 15 is 0 Å². The fraction of sp³-hybridized carbons (Fsp3) is 0.250. The summed E-state index contributed by atoms with van der Waals surface area (Å²) in [6, 6.07) is 13.8. The van der Waals surface area contributed by atoms with Crippen LogP contribution in [0.5, 0.6) is 5.75 Å². The molecule has 2 N–H and O–H groups in total. The number of halogens is 3. The van der Waals surface area contributed by atoms with Crippen molar-refractivity contribution in [3.63, 3.8) is 0 Å². The monoisotopic (exact) mass is 505 g/mol. The van der Waals surface area contributed by atoms with Gasteiger partial charge in [0.1, 0.15) is 24.3 Å². The zero-order chi connectivity index (χ0) is 25.2. The number of furan rings is 1. The van der Waals surface area contributed by atoms with Crippen LogP contribution < -0.4 is 15.6 Å². The number of benzene rings is 1. The van der Waals surface area contributed by atoms with Crippen molar-refractivity contribution in [2.75, 3.05) is 0 Å². The van der Waals surface area contributed by atoms with Crippen molar-refractivity contribution in [3.8, 4) is 10.9 Å². The smallest absolute Gasteiger partial charge is 0.449 e. The standard InChI is InChI=1S/C24H22F3N3O4S/c1-14-10-17(21(34-14)24(25,26)27)12-28-22(32)20-15(2)29-23(35-20)30-9-8-18(11-19(30)31)33-13-16-6-4-3-5-7-16/h3-11,22,28,32H,12-13H2,1-2H3. The Balaban J connectivity index is 1.46. The number of aryl methyl sites for hydroxylation is 2. The number of ether oxygens (including phenoxy) is 1. The van der Waals surface area contributed by atoms with Gasteiger partial charge in [-0.1, -0.05) is 41.7 Å². The summed E-state index contributed by atoms with van der Waals surface area (Å²) in [6.07, 6.45) is -4.40. The molecule has 0 amide bonds. The number of nitrogens with one attached hydrogen (secondary N) is 1. The van der Waals surface area contributed by atoms with Crippen LogP contribution in [-0.4, -0.2) is 14.7 Å². The molecule has 0 aliphatic carbocycles. The van der Waals surface area contributed by atoms with Crippen molar-refractivity contribution < 1.29 is 27.4 Å². The molecular weight excluding hydrogens is 483 g/mol. The Kier molecular flexibility index (Phi) is 7.10. The van der Waals surface area contributed by atoms with Crippen molar-refractivity contribution in [1.29, 1.82) is 0 Å². The van der Waals surface area contributed by atoms with Crippen LogP contribution in [0.25, 0.3) is 5.13 Å². The highest BCUT2D eigenvalue weighted by atomic mass is 32.1. The lowest BCUT2D eigenvalue weighted by Crippen LogP contribution is -2.21. The van der Waals surface area contributed by atoms with Gasteiger partial charge in [-0.25, -0.2) is 4.98 Å². The number of rotatable bonds is 8. The van der Waals surface area contributed by atoms with Crippen LogP contribution in [0.4, 0.5) is 13.2 Å². The second-order valence-corrected chi connectivity index (χ2v) is 8.79. The Hall–Kier alpha value is -3.41. The van der Waals surface area contributed by atoms with Gasteiger partial charge in [-0.2, -0.15) is 13.2 Å². The van der Waals surface area contributed by atoms with E-state index in [4.69, 9.17) is 9.15 Å². The molecule has 0 saturated heterocycles. The fourth-order valence-electron chi connectivity index (χ4n) is 3.44. The van der Waals surface area contributed by atoms with Gasteiger partial charge >= 0.3 is 6.18 Å². The average molecular weight is 506 g/mol. The average Bonchev–Trinajstić information content (AvgIpc) is 3.39. The van der Waals surface area contributed by atoms with Crippen LogP contribution in [0, 0.1) is 13.8 Å². The van der Waals surface area contributed by atoms with Crippen LogP contribution in [0.1, 0.15) is 39.4 Å². The minimum absolute atomic E-state index is 0.112. The molecule has 4 aromatic rings. The quantitative estimate of drug-likeness (QED) is 0.332. The summed E-state index contributed by atoms with van der Waals surface area (Å²) in [5, 5.41) is 13.5. The normalized spacial score (nSPS) is 12.6. The predicted molar refractivity (Wildman–Crippen MR) is 123 cm³/mol. The van der Waals surface area contributed by atoms with E-state index in [1.54, 1.807) is 13.0 Å². The molecule has 7 nitrogen and oxygen atoms in total. The first-order valence-electron chi connectivity index (χ1n) is 10.6. The maximum Gasteiger partial charge on any atom is 0.449 e. The molecule has 0 spiro atoms. The van der Waals surface area contributed by atoms with E-state index in [1.165, 1.54) is 29.8 Å². The Morgan fingerprint density at radius 2 is 1.94 bits per heavy atom. The van der Waals surface area contributed by atoms with Crippen molar-refractivity contribution >= 4 is 11.3 Å². The summed E-state index contributed by atoms with van der Waals surface area (Å²) in [5.74, 6) is -0.575. The lowest BCUT2D eigenvalue weighted by atomic mass is 10.2. The lowest BCUT2D eigenvalue weighted by molar-refractivity contribution is -0.154. The lowest BCUT2D eigenvalue weighted by Gasteiger charge is -2.12. The molecule has 35 heavy (non-hydrogen) atoms. The minimum Gasteiger partial charge on any atom is -0.489 e. The van der Waals surface area contributed by atoms with E-state index in [-0.39, 0.29) is 23.4 Å². The van der Waals surface area contributed by atoms with Crippen LogP contribution in [-0.2, 0) is 19.3 Å². The Morgan fingerprint density at radius 1 is 1.20 bits per heavy atom. The van der Waals surface area contributed by atoms with Gasteiger partial charge in [0.2, 0.25) is 5.76 Å². The van der Waals surface area contributed by atoms with E-state index in [0.717, 1.165) is 16.9 Å². The summed E-state index contributed by atoms with van der Waals surface area (Å²) >= 11 is 1.05. The summed E-state index contributed by atoms with van der Waals surface area (Å²) in [5.41, 5.74) is 0.924. The summed E-state index contributed by atoms with van der Waals surface area (Å²) in [6.45, 7) is 3.11. The number of aromatic nitrogens is 2. The Morgan fingerprint density at radius 3 is 2.63 bits per heavy atom. The van der Waals surface area contributed by atoms with Gasteiger partial charge in [0, 0.05) is 24.4 Å². The molecule has 1 aromatic carbocycles. The predicted octanol–water partition coefficient (Wildman–Crippen LogP) is 4.88. The molecule has 0 saturated carbocycles.